The number of benzene rings is 2. The van der Waals surface area contributed by atoms with Gasteiger partial charge in [-0.25, -0.2) is 0 Å². The molecule has 4 rings (SSSR count). The van der Waals surface area contributed by atoms with Crippen LogP contribution in [0.3, 0.4) is 0 Å². The summed E-state index contributed by atoms with van der Waals surface area (Å²) in [5, 5.41) is 191. The number of carbonyl (C=O) groups is 1. The third kappa shape index (κ3) is 3.73. The maximum atomic E-state index is 13.4. The Kier molecular flexibility index (Phi) is 7.48. The van der Waals surface area contributed by atoms with Gasteiger partial charge in [0.05, 0.1) is 31.3 Å². The van der Waals surface area contributed by atoms with Crippen molar-refractivity contribution < 1.29 is 106 Å². The zero-order valence-electron chi connectivity index (χ0n) is 23.2. The lowest BCUT2D eigenvalue weighted by atomic mass is 9.65. The number of ether oxygens (including phenoxy) is 2. The molecule has 1 fully saturated rings. The van der Waals surface area contributed by atoms with Crippen LogP contribution >= 0.6 is 0 Å². The molecule has 46 heavy (non-hydrogen) atoms. The normalized spacial score (nSPS) is 22.8. The Morgan fingerprint density at radius 3 is 1.48 bits per heavy atom. The van der Waals surface area contributed by atoms with Crippen LogP contribution in [-0.4, -0.2) is 152 Å². The Balaban J connectivity index is 1.93. The molecule has 0 aromatic heterocycles. The number of fused-ring (bicyclic) bond motifs is 1. The summed E-state index contributed by atoms with van der Waals surface area (Å²) in [7, 11) is 1.92. The van der Waals surface area contributed by atoms with Gasteiger partial charge in [0.15, 0.2) is 28.8 Å². The molecule has 2 aromatic carbocycles. The van der Waals surface area contributed by atoms with Gasteiger partial charge in [-0.15, -0.1) is 0 Å². The van der Waals surface area contributed by atoms with E-state index in [1.54, 1.807) is 0 Å². The first kappa shape index (κ1) is 34.7. The number of nitrogens with zero attached hydrogens (tertiary/aromatic N) is 1. The molecule has 0 radical (unpaired) electrons. The van der Waals surface area contributed by atoms with E-state index in [4.69, 9.17) is 9.47 Å². The number of aromatic hydroxyl groups is 7. The average molecular weight is 667 g/mol. The van der Waals surface area contributed by atoms with Crippen molar-refractivity contribution in [2.24, 2.45) is 5.92 Å². The second-order valence-electron chi connectivity index (χ2n) is 10.6. The number of carbonyl (C=O) groups excluding carboxylic acids is 1. The highest BCUT2D eigenvalue weighted by Gasteiger charge is 2.90. The van der Waals surface area contributed by atoms with Crippen LogP contribution in [0, 0.1) is 5.92 Å². The number of hydrogen-bond donors (Lipinski definition) is 18. The van der Waals surface area contributed by atoms with Gasteiger partial charge in [0.25, 0.3) is 23.4 Å². The Morgan fingerprint density at radius 1 is 0.674 bits per heavy atom. The van der Waals surface area contributed by atoms with Crippen molar-refractivity contribution in [1.82, 2.24) is 4.90 Å². The van der Waals surface area contributed by atoms with Gasteiger partial charge in [-0.2, -0.15) is 4.90 Å². The van der Waals surface area contributed by atoms with Crippen LogP contribution in [0.15, 0.2) is 0 Å². The number of piperidine rings is 1. The predicted octanol–water partition coefficient (Wildman–Crippen LogP) is -6.44. The Labute approximate surface area is 253 Å². The van der Waals surface area contributed by atoms with Crippen molar-refractivity contribution in [2.45, 2.75) is 47.8 Å². The molecular formula is C24H29NO21. The first-order chi connectivity index (χ1) is 20.8. The molecule has 22 heteroatoms. The smallest absolute Gasteiger partial charge is 0.290 e. The molecule has 22 nitrogen and oxygen atoms in total. The molecule has 1 heterocycles. The fraction of sp³-hybridized carbons (Fsp3) is 0.458. The maximum absolute atomic E-state index is 13.4. The summed E-state index contributed by atoms with van der Waals surface area (Å²) in [6.45, 7) is -2.01. The van der Waals surface area contributed by atoms with Crippen molar-refractivity contribution in [2.75, 3.05) is 14.2 Å². The average Bonchev–Trinajstić information content (AvgIpc) is 3.33. The van der Waals surface area contributed by atoms with Gasteiger partial charge < -0.3 is 101 Å². The van der Waals surface area contributed by atoms with E-state index in [1.165, 1.54) is 0 Å². The van der Waals surface area contributed by atoms with E-state index < -0.39 is 133 Å². The van der Waals surface area contributed by atoms with E-state index in [1.807, 2.05) is 0 Å². The molecule has 1 aliphatic carbocycles. The highest BCUT2D eigenvalue weighted by Crippen LogP contribution is 2.60. The highest BCUT2D eigenvalue weighted by atomic mass is 16.7. The Bertz CT molecular complexity index is 1570. The highest BCUT2D eigenvalue weighted by molar-refractivity contribution is 6.07. The molecule has 0 amide bonds. The molecule has 2 aromatic rings. The summed E-state index contributed by atoms with van der Waals surface area (Å²) >= 11 is 0. The second kappa shape index (κ2) is 9.91. The van der Waals surface area contributed by atoms with Gasteiger partial charge in [-0.3, -0.25) is 4.79 Å². The lowest BCUT2D eigenvalue weighted by molar-refractivity contribution is -0.620. The number of hydrogen-bond acceptors (Lipinski definition) is 22. The minimum Gasteiger partial charge on any atom is -0.504 e. The maximum Gasteiger partial charge on any atom is 0.290 e. The van der Waals surface area contributed by atoms with Crippen LogP contribution in [0.25, 0.3) is 0 Å². The molecule has 0 spiro atoms. The van der Waals surface area contributed by atoms with Crippen LogP contribution in [0.4, 0.5) is 0 Å². The van der Waals surface area contributed by atoms with Gasteiger partial charge in [0.1, 0.15) is 0 Å². The first-order valence-corrected chi connectivity index (χ1v) is 12.4. The largest absolute Gasteiger partial charge is 0.504 e. The monoisotopic (exact) mass is 667 g/mol. The SMILES string of the molecule is COc1c(O)c2c(c(O)c1OC)C(=O)C(C(O)(O)C1(O)C(O)(O)C(O)(O)N(Cc3c(O)c(O)c(O)c(O)c3O)C(O)(O)C1(O)O)C2. The molecule has 0 saturated carbocycles. The molecule has 256 valence electrons. The molecule has 0 bridgehead atoms. The number of phenolic OH excluding ortho intramolecular Hbond substituents is 7. The third-order valence-corrected chi connectivity index (χ3v) is 8.34. The van der Waals surface area contributed by atoms with Crippen LogP contribution in [-0.2, 0) is 13.0 Å². The van der Waals surface area contributed by atoms with Gasteiger partial charge in [0.2, 0.25) is 40.1 Å². The molecule has 1 aliphatic heterocycles. The molecule has 1 atom stereocenters. The van der Waals surface area contributed by atoms with Crippen molar-refractivity contribution >= 4 is 5.78 Å². The fourth-order valence-electron chi connectivity index (χ4n) is 5.72. The fourth-order valence-corrected chi connectivity index (χ4v) is 5.72. The van der Waals surface area contributed by atoms with Crippen molar-refractivity contribution in [1.29, 1.82) is 0 Å². The number of aliphatic hydroxyl groups is 11. The summed E-state index contributed by atoms with van der Waals surface area (Å²) < 4.78 is 9.74. The van der Waals surface area contributed by atoms with E-state index in [2.05, 4.69) is 0 Å². The molecule has 1 unspecified atom stereocenters. The number of likely N-dealkylation sites (tertiary alicyclic amines) is 1. The minimum absolute atomic E-state index is 0.620. The molecule has 2 aliphatic rings. The van der Waals surface area contributed by atoms with Crippen LogP contribution in [0.1, 0.15) is 21.5 Å². The summed E-state index contributed by atoms with van der Waals surface area (Å²) in [4.78, 5) is 12.3. The van der Waals surface area contributed by atoms with Crippen molar-refractivity contribution in [3.63, 3.8) is 0 Å². The zero-order valence-corrected chi connectivity index (χ0v) is 23.2. The van der Waals surface area contributed by atoms with Gasteiger partial charge in [0, 0.05) is 12.1 Å². The third-order valence-electron chi connectivity index (χ3n) is 8.34. The van der Waals surface area contributed by atoms with Gasteiger partial charge in [-0.05, 0) is 6.42 Å². The van der Waals surface area contributed by atoms with E-state index in [0.29, 0.717) is 0 Å². The summed E-state index contributed by atoms with van der Waals surface area (Å²) in [5.74, 6) is -41.7. The first-order valence-electron chi connectivity index (χ1n) is 12.4. The number of methoxy groups -OCH3 is 2. The zero-order chi connectivity index (χ0) is 35.5. The van der Waals surface area contributed by atoms with Crippen LogP contribution in [0.5, 0.6) is 51.7 Å². The second-order valence-corrected chi connectivity index (χ2v) is 10.6. The Morgan fingerprint density at radius 2 is 1.07 bits per heavy atom. The molecular weight excluding hydrogens is 638 g/mol. The summed E-state index contributed by atoms with van der Waals surface area (Å²) in [6, 6.07) is 0. The van der Waals surface area contributed by atoms with Crippen molar-refractivity contribution in [3.05, 3.63) is 16.7 Å². The van der Waals surface area contributed by atoms with Crippen LogP contribution < -0.4 is 9.47 Å². The predicted molar refractivity (Wildman–Crippen MR) is 136 cm³/mol. The number of ketones is 1. The summed E-state index contributed by atoms with van der Waals surface area (Å²) in [5.41, 5.74) is -8.45. The van der Waals surface area contributed by atoms with E-state index in [9.17, 15) is 96.7 Å². The molecule has 1 saturated heterocycles. The summed E-state index contributed by atoms with van der Waals surface area (Å²) in [6.07, 6.45) is -1.26. The quantitative estimate of drug-likeness (QED) is 0.0773. The van der Waals surface area contributed by atoms with Gasteiger partial charge in [-0.1, -0.05) is 0 Å². The minimum atomic E-state index is -5.35. The number of Topliss-reactive ketones (excluding diaryl/α,β-unsaturated/α-hetero) is 1. The van der Waals surface area contributed by atoms with Crippen LogP contribution in [0.2, 0.25) is 0 Å². The Hall–Kier alpha value is -4.17. The topological polar surface area (TPSA) is 403 Å². The van der Waals surface area contributed by atoms with Crippen molar-refractivity contribution in [3.8, 4) is 51.7 Å². The number of rotatable bonds is 6. The van der Waals surface area contributed by atoms with E-state index in [0.717, 1.165) is 14.2 Å². The molecule has 18 N–H and O–H groups in total. The van der Waals surface area contributed by atoms with E-state index >= 15 is 0 Å². The number of phenols is 7. The lowest BCUT2D eigenvalue weighted by Gasteiger charge is -2.65. The van der Waals surface area contributed by atoms with E-state index in [-0.39, 0.29) is 0 Å². The lowest BCUT2D eigenvalue weighted by Crippen LogP contribution is -2.97. The standard InChI is InChI=1S/C24H29NO21/c1-45-17-11(28)5-3-7(12(29)8(5)13(30)18(17)46-2)19(34,35)20(36)21(37,38)23(41,42)25(24(43,44)22(20,39)40)4-6-9(26)14(31)16(33)15(32)10(6)27/h7,26-28,30-44H,3-4H2,1-2H3. The van der Waals surface area contributed by atoms with Gasteiger partial charge >= 0.3 is 0 Å².